The lowest BCUT2D eigenvalue weighted by atomic mass is 10.0. The van der Waals surface area contributed by atoms with E-state index in [1.807, 2.05) is 60.7 Å². The third-order valence-corrected chi connectivity index (χ3v) is 5.35. The molecule has 3 aromatic rings. The summed E-state index contributed by atoms with van der Waals surface area (Å²) in [6.07, 6.45) is 0.201. The highest BCUT2D eigenvalue weighted by Crippen LogP contribution is 2.20. The van der Waals surface area contributed by atoms with E-state index < -0.39 is 6.04 Å². The van der Waals surface area contributed by atoms with Gasteiger partial charge in [0, 0.05) is 19.5 Å². The minimum atomic E-state index is -0.540. The van der Waals surface area contributed by atoms with Gasteiger partial charge >= 0.3 is 0 Å². The number of nitrogens with one attached hydrogen (secondary N) is 3. The Balaban J connectivity index is 1.52. The van der Waals surface area contributed by atoms with Crippen LogP contribution in [0.15, 0.2) is 84.9 Å². The average molecular weight is 464 g/mol. The second-order valence-corrected chi connectivity index (χ2v) is 7.89. The van der Waals surface area contributed by atoms with Crippen molar-refractivity contribution in [2.24, 2.45) is 0 Å². The van der Waals surface area contributed by atoms with Crippen molar-refractivity contribution < 1.29 is 14.4 Å². The maximum Gasteiger partial charge on any atom is 0.253 e. The van der Waals surface area contributed by atoms with Crippen molar-refractivity contribution in [1.82, 2.24) is 16.0 Å². The number of rotatable bonds is 10. The molecule has 7 heteroatoms. The third kappa shape index (κ3) is 7.77. The van der Waals surface area contributed by atoms with Crippen LogP contribution < -0.4 is 16.0 Å². The van der Waals surface area contributed by atoms with E-state index in [4.69, 9.17) is 11.6 Å². The Labute approximate surface area is 198 Å². The zero-order valence-electron chi connectivity index (χ0n) is 18.1. The summed E-state index contributed by atoms with van der Waals surface area (Å²) in [5.41, 5.74) is 2.15. The number of hydrogen-bond donors (Lipinski definition) is 3. The highest BCUT2D eigenvalue weighted by molar-refractivity contribution is 6.33. The summed E-state index contributed by atoms with van der Waals surface area (Å²) in [6, 6.07) is 25.1. The lowest BCUT2D eigenvalue weighted by Gasteiger charge is -2.19. The average Bonchev–Trinajstić information content (AvgIpc) is 2.84. The molecule has 0 heterocycles. The van der Waals surface area contributed by atoms with Gasteiger partial charge in [-0.1, -0.05) is 84.4 Å². The minimum Gasteiger partial charge on any atom is -0.356 e. The molecule has 33 heavy (non-hydrogen) atoms. The van der Waals surface area contributed by atoms with Crippen LogP contribution in [0.3, 0.4) is 0 Å². The Morgan fingerprint density at radius 1 is 0.758 bits per heavy atom. The van der Waals surface area contributed by atoms with Crippen LogP contribution >= 0.6 is 11.6 Å². The third-order valence-electron chi connectivity index (χ3n) is 5.02. The number of benzene rings is 3. The molecular weight excluding hydrogens is 438 g/mol. The van der Waals surface area contributed by atoms with Gasteiger partial charge in [0.05, 0.1) is 23.0 Å². The summed E-state index contributed by atoms with van der Waals surface area (Å²) in [4.78, 5) is 37.3. The number of amides is 3. The van der Waals surface area contributed by atoms with Crippen molar-refractivity contribution in [1.29, 1.82) is 0 Å². The maximum absolute atomic E-state index is 12.7. The minimum absolute atomic E-state index is 0.0336. The second kappa shape index (κ2) is 12.4. The van der Waals surface area contributed by atoms with Gasteiger partial charge in [-0.15, -0.1) is 0 Å². The molecule has 0 radical (unpaired) electrons. The molecule has 0 aliphatic rings. The molecule has 1 unspecified atom stereocenters. The molecule has 6 nitrogen and oxygen atoms in total. The van der Waals surface area contributed by atoms with Gasteiger partial charge < -0.3 is 16.0 Å². The van der Waals surface area contributed by atoms with E-state index in [1.54, 1.807) is 24.3 Å². The molecule has 0 saturated heterocycles. The molecule has 3 amide bonds. The summed E-state index contributed by atoms with van der Waals surface area (Å²) >= 11 is 6.14. The molecule has 1 atom stereocenters. The predicted octanol–water partition coefficient (Wildman–Crippen LogP) is 4.02. The Morgan fingerprint density at radius 3 is 2.09 bits per heavy atom. The van der Waals surface area contributed by atoms with Crippen molar-refractivity contribution >= 4 is 29.3 Å². The first-order valence-corrected chi connectivity index (χ1v) is 11.1. The van der Waals surface area contributed by atoms with Gasteiger partial charge in [0.2, 0.25) is 11.8 Å². The van der Waals surface area contributed by atoms with Crippen molar-refractivity contribution in [3.05, 3.63) is 107 Å². The number of hydrogen-bond acceptors (Lipinski definition) is 3. The van der Waals surface area contributed by atoms with E-state index >= 15 is 0 Å². The largest absolute Gasteiger partial charge is 0.356 e. The molecular formula is C26H26ClN3O3. The van der Waals surface area contributed by atoms with Crippen LogP contribution in [0.5, 0.6) is 0 Å². The molecule has 3 aromatic carbocycles. The van der Waals surface area contributed by atoms with Crippen molar-refractivity contribution in [3.8, 4) is 0 Å². The molecule has 0 bridgehead atoms. The molecule has 3 N–H and O–H groups in total. The van der Waals surface area contributed by atoms with Gasteiger partial charge in [-0.25, -0.2) is 0 Å². The molecule has 3 rings (SSSR count). The van der Waals surface area contributed by atoms with Gasteiger partial charge in [0.25, 0.3) is 5.91 Å². The first-order valence-electron chi connectivity index (χ1n) is 10.7. The monoisotopic (exact) mass is 463 g/mol. The first kappa shape index (κ1) is 24.0. The Kier molecular flexibility index (Phi) is 9.03. The topological polar surface area (TPSA) is 87.3 Å². The van der Waals surface area contributed by atoms with Crippen LogP contribution in [0, 0.1) is 0 Å². The maximum atomic E-state index is 12.7. The molecule has 0 saturated carbocycles. The summed E-state index contributed by atoms with van der Waals surface area (Å²) in [5.74, 6) is -0.771. The van der Waals surface area contributed by atoms with Crippen LogP contribution in [0.25, 0.3) is 0 Å². The first-order chi connectivity index (χ1) is 16.0. The second-order valence-electron chi connectivity index (χ2n) is 7.48. The van der Waals surface area contributed by atoms with Crippen LogP contribution in [0.1, 0.15) is 40.4 Å². The Morgan fingerprint density at radius 2 is 1.39 bits per heavy atom. The van der Waals surface area contributed by atoms with E-state index in [9.17, 15) is 14.4 Å². The van der Waals surface area contributed by atoms with Gasteiger partial charge in [-0.3, -0.25) is 14.4 Å². The number of carbonyl (C=O) groups is 3. The van der Waals surface area contributed by atoms with Crippen LogP contribution in [0.2, 0.25) is 5.02 Å². The Bertz CT molecular complexity index is 1070. The van der Waals surface area contributed by atoms with Crippen LogP contribution in [-0.2, 0) is 16.1 Å². The lowest BCUT2D eigenvalue weighted by Crippen LogP contribution is -2.35. The summed E-state index contributed by atoms with van der Waals surface area (Å²) in [6.45, 7) is 0.650. The zero-order chi connectivity index (χ0) is 23.5. The van der Waals surface area contributed by atoms with Crippen molar-refractivity contribution in [2.45, 2.75) is 25.4 Å². The summed E-state index contributed by atoms with van der Waals surface area (Å²) in [5, 5.41) is 8.82. The van der Waals surface area contributed by atoms with E-state index in [0.29, 0.717) is 17.1 Å². The molecule has 170 valence electrons. The normalized spacial score (nSPS) is 11.3. The quantitative estimate of drug-likeness (QED) is 0.424. The highest BCUT2D eigenvalue weighted by Gasteiger charge is 2.20. The van der Waals surface area contributed by atoms with Crippen LogP contribution in [0.4, 0.5) is 0 Å². The van der Waals surface area contributed by atoms with E-state index in [1.165, 1.54) is 0 Å². The predicted molar refractivity (Wildman–Crippen MR) is 129 cm³/mol. The fourth-order valence-corrected chi connectivity index (χ4v) is 3.50. The lowest BCUT2D eigenvalue weighted by molar-refractivity contribution is -0.122. The zero-order valence-corrected chi connectivity index (χ0v) is 18.8. The summed E-state index contributed by atoms with van der Waals surface area (Å²) < 4.78 is 0. The van der Waals surface area contributed by atoms with Gasteiger partial charge in [-0.2, -0.15) is 0 Å². The van der Waals surface area contributed by atoms with Gasteiger partial charge in [0.1, 0.15) is 0 Å². The molecule has 0 aliphatic carbocycles. The van der Waals surface area contributed by atoms with E-state index in [0.717, 1.165) is 11.1 Å². The molecule has 0 aliphatic heterocycles. The van der Waals surface area contributed by atoms with Crippen molar-refractivity contribution in [3.63, 3.8) is 0 Å². The standard InChI is InChI=1S/C26H26ClN3O3/c27-22-14-8-7-13-21(22)26(33)30-23(20-11-5-2-6-12-20)17-25(32)28-16-15-24(31)29-18-19-9-3-1-4-10-19/h1-14,23H,15-18H2,(H,28,32)(H,29,31)(H,30,33). The van der Waals surface area contributed by atoms with E-state index in [-0.39, 0.29) is 37.1 Å². The fourth-order valence-electron chi connectivity index (χ4n) is 3.28. The van der Waals surface area contributed by atoms with E-state index in [2.05, 4.69) is 16.0 Å². The van der Waals surface area contributed by atoms with Gasteiger partial charge in [0.15, 0.2) is 0 Å². The fraction of sp³-hybridized carbons (Fsp3) is 0.192. The van der Waals surface area contributed by atoms with Crippen LogP contribution in [-0.4, -0.2) is 24.3 Å². The van der Waals surface area contributed by atoms with Crippen molar-refractivity contribution in [2.75, 3.05) is 6.54 Å². The molecule has 0 spiro atoms. The molecule has 0 aromatic heterocycles. The number of halogens is 1. The number of carbonyl (C=O) groups excluding carboxylic acids is 3. The van der Waals surface area contributed by atoms with Gasteiger partial charge in [-0.05, 0) is 23.3 Å². The summed E-state index contributed by atoms with van der Waals surface area (Å²) in [7, 11) is 0. The highest BCUT2D eigenvalue weighted by atomic mass is 35.5. The SMILES string of the molecule is O=C(CCNC(=O)CC(NC(=O)c1ccccc1Cl)c1ccccc1)NCc1ccccc1. The smallest absolute Gasteiger partial charge is 0.253 e. The molecule has 0 fully saturated rings. The Hall–Kier alpha value is -3.64.